The van der Waals surface area contributed by atoms with Crippen LogP contribution in [-0.2, 0) is 9.59 Å². The van der Waals surface area contributed by atoms with Crippen molar-refractivity contribution in [2.75, 3.05) is 6.61 Å². The normalized spacial score (nSPS) is 10.7. The third-order valence-corrected chi connectivity index (χ3v) is 4.30. The molecule has 2 rings (SSSR count). The van der Waals surface area contributed by atoms with Crippen LogP contribution >= 0.6 is 28.1 Å². The number of hydrazine groups is 1. The van der Waals surface area contributed by atoms with Crippen molar-refractivity contribution in [1.82, 2.24) is 16.2 Å². The number of carbonyl (C=O) groups excluding carboxylic acids is 2. The van der Waals surface area contributed by atoms with Crippen molar-refractivity contribution < 1.29 is 18.7 Å². The number of hydrogen-bond donors (Lipinski definition) is 3. The molecule has 0 unspecified atom stereocenters. The molecule has 0 saturated carbocycles. The molecular weight excluding hydrogens is 446 g/mol. The van der Waals surface area contributed by atoms with E-state index in [0.717, 1.165) is 10.0 Å². The van der Waals surface area contributed by atoms with Crippen LogP contribution in [0.4, 0.5) is 0 Å². The van der Waals surface area contributed by atoms with Crippen LogP contribution in [0.25, 0.3) is 6.08 Å². The van der Waals surface area contributed by atoms with Gasteiger partial charge in [0.05, 0.1) is 10.7 Å². The summed E-state index contributed by atoms with van der Waals surface area (Å²) in [4.78, 5) is 23.6. The molecule has 0 bridgehead atoms. The second-order valence-electron chi connectivity index (χ2n) is 5.97. The van der Waals surface area contributed by atoms with Gasteiger partial charge in [-0.3, -0.25) is 25.8 Å². The van der Waals surface area contributed by atoms with Gasteiger partial charge in [-0.1, -0.05) is 19.9 Å². The molecule has 1 aromatic heterocycles. The molecule has 3 N–H and O–H groups in total. The van der Waals surface area contributed by atoms with Gasteiger partial charge in [-0.2, -0.15) is 0 Å². The van der Waals surface area contributed by atoms with Crippen LogP contribution in [0.15, 0.2) is 51.6 Å². The molecule has 2 aromatic rings. The van der Waals surface area contributed by atoms with Crippen molar-refractivity contribution >= 4 is 51.2 Å². The van der Waals surface area contributed by atoms with Crippen LogP contribution < -0.4 is 20.9 Å². The van der Waals surface area contributed by atoms with Crippen molar-refractivity contribution in [3.05, 3.63) is 58.5 Å². The first kappa shape index (κ1) is 21.6. The van der Waals surface area contributed by atoms with Gasteiger partial charge in [0.15, 0.2) is 11.7 Å². The number of hydrogen-bond acceptors (Lipinski definition) is 5. The lowest BCUT2D eigenvalue weighted by Crippen LogP contribution is -2.49. The van der Waals surface area contributed by atoms with Gasteiger partial charge in [0.1, 0.15) is 11.5 Å². The first-order valence-corrected chi connectivity index (χ1v) is 9.59. The summed E-state index contributed by atoms with van der Waals surface area (Å²) < 4.78 is 11.3. The molecule has 1 heterocycles. The van der Waals surface area contributed by atoms with Gasteiger partial charge < -0.3 is 9.15 Å². The number of thiocarbonyl (C=S) groups is 1. The number of nitrogens with one attached hydrogen (secondary N) is 3. The van der Waals surface area contributed by atoms with Gasteiger partial charge in [0.25, 0.3) is 5.91 Å². The maximum absolute atomic E-state index is 11.9. The smallest absolute Gasteiger partial charge is 0.276 e. The van der Waals surface area contributed by atoms with Crippen LogP contribution in [-0.4, -0.2) is 23.5 Å². The fourth-order valence-corrected chi connectivity index (χ4v) is 2.69. The number of furan rings is 1. The molecule has 28 heavy (non-hydrogen) atoms. The molecule has 0 aliphatic heterocycles. The van der Waals surface area contributed by atoms with Gasteiger partial charge in [-0.15, -0.1) is 0 Å². The highest BCUT2D eigenvalue weighted by molar-refractivity contribution is 9.10. The van der Waals surface area contributed by atoms with E-state index < -0.39 is 11.8 Å². The minimum absolute atomic E-state index is 0.0510. The van der Waals surface area contributed by atoms with Crippen LogP contribution in [0.5, 0.6) is 5.75 Å². The van der Waals surface area contributed by atoms with Crippen molar-refractivity contribution in [1.29, 1.82) is 0 Å². The lowest BCUT2D eigenvalue weighted by atomic mass is 10.0. The molecule has 0 aliphatic rings. The van der Waals surface area contributed by atoms with Crippen LogP contribution in [0, 0.1) is 0 Å². The fraction of sp³-hybridized carbons (Fsp3) is 0.211. The van der Waals surface area contributed by atoms with Crippen LogP contribution in [0.3, 0.4) is 0 Å². The number of halogens is 1. The summed E-state index contributed by atoms with van der Waals surface area (Å²) in [5, 5.41) is 2.34. The number of benzene rings is 1. The monoisotopic (exact) mass is 465 g/mol. The Labute approximate surface area is 176 Å². The lowest BCUT2D eigenvalue weighted by Gasteiger charge is -2.12. The summed E-state index contributed by atoms with van der Waals surface area (Å²) >= 11 is 8.37. The van der Waals surface area contributed by atoms with Gasteiger partial charge >= 0.3 is 0 Å². The van der Waals surface area contributed by atoms with Crippen LogP contribution in [0.2, 0.25) is 0 Å². The summed E-state index contributed by atoms with van der Waals surface area (Å²) in [7, 11) is 0. The van der Waals surface area contributed by atoms with Crippen molar-refractivity contribution in [3.8, 4) is 5.75 Å². The van der Waals surface area contributed by atoms with Crippen molar-refractivity contribution in [2.24, 2.45) is 0 Å². The van der Waals surface area contributed by atoms with E-state index in [0.29, 0.717) is 17.4 Å². The van der Waals surface area contributed by atoms with E-state index in [2.05, 4.69) is 45.9 Å². The maximum atomic E-state index is 11.9. The molecule has 0 aliphatic carbocycles. The Hall–Kier alpha value is -2.65. The Morgan fingerprint density at radius 3 is 2.71 bits per heavy atom. The quantitative estimate of drug-likeness (QED) is 0.344. The largest absolute Gasteiger partial charge is 0.483 e. The third-order valence-electron chi connectivity index (χ3n) is 3.48. The fourth-order valence-electron chi connectivity index (χ4n) is 2.03. The van der Waals surface area contributed by atoms with E-state index in [9.17, 15) is 9.59 Å². The summed E-state index contributed by atoms with van der Waals surface area (Å²) in [5.74, 6) is 0.560. The van der Waals surface area contributed by atoms with Crippen molar-refractivity contribution in [3.63, 3.8) is 0 Å². The molecule has 7 nitrogen and oxygen atoms in total. The van der Waals surface area contributed by atoms with Crippen LogP contribution in [0.1, 0.15) is 31.1 Å². The standard InChI is InChI=1S/C19H20BrN3O4S/c1-12(2)13-5-7-16(15(20)10-13)27-11-18(25)22-23-19(28)21-17(24)8-6-14-4-3-9-26-14/h3-10,12H,11H2,1-2H3,(H,22,25)(H2,21,23,24,28)/b8-6+. The number of ether oxygens (including phenoxy) is 1. The molecule has 0 radical (unpaired) electrons. The Morgan fingerprint density at radius 1 is 1.29 bits per heavy atom. The third kappa shape index (κ3) is 7.16. The average Bonchev–Trinajstić information content (AvgIpc) is 3.17. The molecule has 9 heteroatoms. The Morgan fingerprint density at radius 2 is 2.07 bits per heavy atom. The molecule has 1 aromatic carbocycles. The van der Waals surface area contributed by atoms with E-state index in [1.165, 1.54) is 18.4 Å². The zero-order chi connectivity index (χ0) is 20.5. The summed E-state index contributed by atoms with van der Waals surface area (Å²) in [5.41, 5.74) is 5.94. The number of rotatable bonds is 6. The van der Waals surface area contributed by atoms with Gasteiger partial charge in [-0.05, 0) is 70.0 Å². The van der Waals surface area contributed by atoms with Gasteiger partial charge in [0.2, 0.25) is 5.91 Å². The van der Waals surface area contributed by atoms with E-state index >= 15 is 0 Å². The highest BCUT2D eigenvalue weighted by atomic mass is 79.9. The highest BCUT2D eigenvalue weighted by Gasteiger charge is 2.09. The minimum atomic E-state index is -0.464. The highest BCUT2D eigenvalue weighted by Crippen LogP contribution is 2.28. The predicted octanol–water partition coefficient (Wildman–Crippen LogP) is 3.28. The maximum Gasteiger partial charge on any atom is 0.276 e. The van der Waals surface area contributed by atoms with E-state index in [-0.39, 0.29) is 11.7 Å². The summed E-state index contributed by atoms with van der Waals surface area (Å²) in [6, 6.07) is 9.11. The molecule has 2 amide bonds. The molecule has 0 fully saturated rings. The number of carbonyl (C=O) groups is 2. The SMILES string of the molecule is CC(C)c1ccc(OCC(=O)NNC(=S)NC(=O)/C=C/c2ccco2)c(Br)c1. The minimum Gasteiger partial charge on any atom is -0.483 e. The van der Waals surface area contributed by atoms with Gasteiger partial charge in [-0.25, -0.2) is 0 Å². The lowest BCUT2D eigenvalue weighted by molar-refractivity contribution is -0.123. The van der Waals surface area contributed by atoms with E-state index in [1.807, 2.05) is 12.1 Å². The molecule has 0 spiro atoms. The molecule has 0 atom stereocenters. The first-order valence-electron chi connectivity index (χ1n) is 8.38. The molecule has 148 valence electrons. The first-order chi connectivity index (χ1) is 13.3. The molecule has 0 saturated heterocycles. The average molecular weight is 466 g/mol. The second kappa shape index (κ2) is 10.6. The van der Waals surface area contributed by atoms with Crippen molar-refractivity contribution in [2.45, 2.75) is 19.8 Å². The second-order valence-corrected chi connectivity index (χ2v) is 7.24. The Kier molecular flexibility index (Phi) is 8.21. The zero-order valence-electron chi connectivity index (χ0n) is 15.3. The molecular formula is C19H20BrN3O4S. The zero-order valence-corrected chi connectivity index (χ0v) is 17.7. The Balaban J connectivity index is 1.71. The van der Waals surface area contributed by atoms with E-state index in [4.69, 9.17) is 21.4 Å². The van der Waals surface area contributed by atoms with E-state index in [1.54, 1.807) is 18.2 Å². The summed E-state index contributed by atoms with van der Waals surface area (Å²) in [6.45, 7) is 3.97. The number of amides is 2. The predicted molar refractivity (Wildman–Crippen MR) is 113 cm³/mol. The Bertz CT molecular complexity index is 866. The summed E-state index contributed by atoms with van der Waals surface area (Å²) in [6.07, 6.45) is 4.25. The topological polar surface area (TPSA) is 92.6 Å². The van der Waals surface area contributed by atoms with Gasteiger partial charge in [0, 0.05) is 6.08 Å².